The number of carbonyl (C=O) groups excluding carboxylic acids is 1. The third-order valence-electron chi connectivity index (χ3n) is 5.02. The monoisotopic (exact) mass is 347 g/mol. The van der Waals surface area contributed by atoms with E-state index in [0.29, 0.717) is 13.1 Å². The number of hydrogen-bond acceptors (Lipinski definition) is 6. The van der Waals surface area contributed by atoms with Crippen molar-refractivity contribution in [2.75, 3.05) is 18.8 Å². The van der Waals surface area contributed by atoms with Gasteiger partial charge in [-0.3, -0.25) is 4.79 Å². The van der Waals surface area contributed by atoms with Gasteiger partial charge in [-0.25, -0.2) is 13.1 Å². The van der Waals surface area contributed by atoms with Crippen molar-refractivity contribution < 1.29 is 13.2 Å². The van der Waals surface area contributed by atoms with Crippen LogP contribution in [0.3, 0.4) is 0 Å². The van der Waals surface area contributed by atoms with Gasteiger partial charge in [0.2, 0.25) is 5.91 Å². The summed E-state index contributed by atoms with van der Waals surface area (Å²) in [5, 5.41) is 10.3. The lowest BCUT2D eigenvalue weighted by molar-refractivity contribution is -0.130. The molecule has 0 spiro atoms. The molecule has 2 aromatic rings. The van der Waals surface area contributed by atoms with Gasteiger partial charge in [0.25, 0.3) is 0 Å². The van der Waals surface area contributed by atoms with Crippen LogP contribution in [0.4, 0.5) is 0 Å². The predicted octanol–water partition coefficient (Wildman–Crippen LogP) is -0.360. The Morgan fingerprint density at radius 3 is 2.75 bits per heavy atom. The van der Waals surface area contributed by atoms with E-state index >= 15 is 0 Å². The Labute approximate surface area is 139 Å². The van der Waals surface area contributed by atoms with Gasteiger partial charge in [-0.05, 0) is 16.0 Å². The summed E-state index contributed by atoms with van der Waals surface area (Å²) in [6, 6.07) is 9.64. The topological polar surface area (TPSA) is 98.1 Å². The number of nitrogens with zero attached hydrogens (tertiary/aromatic N) is 5. The first-order valence-corrected chi connectivity index (χ1v) is 9.48. The first-order chi connectivity index (χ1) is 11.5. The number of sulfone groups is 1. The van der Waals surface area contributed by atoms with Crippen LogP contribution in [0.1, 0.15) is 12.0 Å². The molecule has 2 atom stereocenters. The summed E-state index contributed by atoms with van der Waals surface area (Å²) in [5.74, 6) is 0.0521. The molecule has 2 aliphatic rings. The first-order valence-electron chi connectivity index (χ1n) is 7.77. The van der Waals surface area contributed by atoms with Crippen molar-refractivity contribution in [2.45, 2.75) is 23.6 Å². The average Bonchev–Trinajstić information content (AvgIpc) is 3.20. The van der Waals surface area contributed by atoms with Crippen LogP contribution in [0.5, 0.6) is 0 Å². The Morgan fingerprint density at radius 2 is 2.08 bits per heavy atom. The molecule has 0 aliphatic carbocycles. The lowest BCUT2D eigenvalue weighted by atomic mass is 9.80. The maximum absolute atomic E-state index is 12.5. The average molecular weight is 347 g/mol. The number of tetrazole rings is 1. The van der Waals surface area contributed by atoms with Gasteiger partial charge in [-0.2, -0.15) is 0 Å². The van der Waals surface area contributed by atoms with Gasteiger partial charge in [0.15, 0.2) is 9.84 Å². The van der Waals surface area contributed by atoms with E-state index in [9.17, 15) is 13.2 Å². The molecule has 1 amide bonds. The zero-order valence-corrected chi connectivity index (χ0v) is 13.8. The SMILES string of the molecule is O=C(CCn1cnnn1)N1C[C@@H]2[C@](c3ccccc3)(C1)CS2(=O)=O. The smallest absolute Gasteiger partial charge is 0.224 e. The number of fused-ring (bicyclic) bond motifs is 1. The van der Waals surface area contributed by atoms with E-state index in [1.165, 1.54) is 11.0 Å². The second kappa shape index (κ2) is 5.37. The predicted molar refractivity (Wildman–Crippen MR) is 84.7 cm³/mol. The molecule has 1 aromatic carbocycles. The normalized spacial score (nSPS) is 27.5. The molecular weight excluding hydrogens is 330 g/mol. The molecule has 24 heavy (non-hydrogen) atoms. The Morgan fingerprint density at radius 1 is 1.29 bits per heavy atom. The van der Waals surface area contributed by atoms with Gasteiger partial charge in [0.05, 0.1) is 17.5 Å². The summed E-state index contributed by atoms with van der Waals surface area (Å²) >= 11 is 0. The maximum Gasteiger partial charge on any atom is 0.224 e. The van der Waals surface area contributed by atoms with E-state index in [-0.39, 0.29) is 24.6 Å². The van der Waals surface area contributed by atoms with Crippen molar-refractivity contribution in [3.63, 3.8) is 0 Å². The summed E-state index contributed by atoms with van der Waals surface area (Å²) in [6.45, 7) is 1.11. The van der Waals surface area contributed by atoms with Crippen molar-refractivity contribution in [1.82, 2.24) is 25.1 Å². The number of hydrogen-bond donors (Lipinski definition) is 0. The largest absolute Gasteiger partial charge is 0.340 e. The highest BCUT2D eigenvalue weighted by Crippen LogP contribution is 2.48. The number of rotatable bonds is 4. The highest BCUT2D eigenvalue weighted by Gasteiger charge is 2.64. The molecule has 2 aliphatic heterocycles. The lowest BCUT2D eigenvalue weighted by Crippen LogP contribution is -2.59. The standard InChI is InChI=1S/C15H17N5O3S/c21-14(6-7-20-11-16-17-18-20)19-8-13-15(9-19,10-24(13,22)23)12-4-2-1-3-5-12/h1-5,11,13H,6-10H2/t13-,15-/m1/s1. The van der Waals surface area contributed by atoms with E-state index in [1.54, 1.807) is 4.90 Å². The molecule has 2 fully saturated rings. The van der Waals surface area contributed by atoms with E-state index < -0.39 is 20.5 Å². The summed E-state index contributed by atoms with van der Waals surface area (Å²) in [5.41, 5.74) is 0.547. The lowest BCUT2D eigenvalue weighted by Gasteiger charge is -2.43. The quantitative estimate of drug-likeness (QED) is 0.749. The van der Waals surface area contributed by atoms with Gasteiger partial charge in [0.1, 0.15) is 6.33 Å². The fourth-order valence-corrected chi connectivity index (χ4v) is 6.28. The van der Waals surface area contributed by atoms with Crippen molar-refractivity contribution in [3.8, 4) is 0 Å². The van der Waals surface area contributed by atoms with Gasteiger partial charge in [-0.15, -0.1) is 5.10 Å². The maximum atomic E-state index is 12.5. The molecule has 8 nitrogen and oxygen atoms in total. The van der Waals surface area contributed by atoms with Crippen LogP contribution in [-0.4, -0.2) is 63.5 Å². The second-order valence-electron chi connectivity index (χ2n) is 6.42. The molecule has 0 unspecified atom stereocenters. The fourth-order valence-electron chi connectivity index (χ4n) is 3.81. The van der Waals surface area contributed by atoms with Crippen LogP contribution >= 0.6 is 0 Å². The third-order valence-corrected chi connectivity index (χ3v) is 7.40. The van der Waals surface area contributed by atoms with Crippen molar-refractivity contribution in [2.24, 2.45) is 0 Å². The van der Waals surface area contributed by atoms with Crippen LogP contribution in [0.25, 0.3) is 0 Å². The highest BCUT2D eigenvalue weighted by atomic mass is 32.2. The summed E-state index contributed by atoms with van der Waals surface area (Å²) in [6.07, 6.45) is 1.71. The summed E-state index contributed by atoms with van der Waals surface area (Å²) in [7, 11) is -3.12. The molecule has 0 N–H and O–H groups in total. The Hall–Kier alpha value is -2.29. The minimum absolute atomic E-state index is 0.0644. The number of carbonyl (C=O) groups is 1. The van der Waals surface area contributed by atoms with Gasteiger partial charge in [0, 0.05) is 24.9 Å². The van der Waals surface area contributed by atoms with Gasteiger partial charge >= 0.3 is 0 Å². The zero-order chi connectivity index (χ0) is 16.8. The molecule has 2 saturated heterocycles. The van der Waals surface area contributed by atoms with Crippen LogP contribution in [0.15, 0.2) is 36.7 Å². The molecule has 0 radical (unpaired) electrons. The van der Waals surface area contributed by atoms with Gasteiger partial charge < -0.3 is 4.90 Å². The Bertz CT molecular complexity index is 852. The van der Waals surface area contributed by atoms with E-state index in [0.717, 1.165) is 5.56 Å². The fraction of sp³-hybridized carbons (Fsp3) is 0.467. The molecule has 3 heterocycles. The van der Waals surface area contributed by atoms with Gasteiger partial charge in [-0.1, -0.05) is 30.3 Å². The number of benzene rings is 1. The Balaban J connectivity index is 1.53. The minimum Gasteiger partial charge on any atom is -0.340 e. The van der Waals surface area contributed by atoms with Crippen LogP contribution in [-0.2, 0) is 26.6 Å². The van der Waals surface area contributed by atoms with Crippen molar-refractivity contribution in [3.05, 3.63) is 42.2 Å². The molecular formula is C15H17N5O3S. The first kappa shape index (κ1) is 15.3. The molecule has 0 saturated carbocycles. The van der Waals surface area contributed by atoms with E-state index in [4.69, 9.17) is 0 Å². The van der Waals surface area contributed by atoms with Crippen LogP contribution < -0.4 is 0 Å². The van der Waals surface area contributed by atoms with Crippen LogP contribution in [0, 0.1) is 0 Å². The second-order valence-corrected chi connectivity index (χ2v) is 8.60. The van der Waals surface area contributed by atoms with Crippen molar-refractivity contribution >= 4 is 15.7 Å². The van der Waals surface area contributed by atoms with Crippen molar-refractivity contribution in [1.29, 1.82) is 0 Å². The Kier molecular flexibility index (Phi) is 3.41. The molecule has 0 bridgehead atoms. The van der Waals surface area contributed by atoms with E-state index in [1.807, 2.05) is 30.3 Å². The summed E-state index contributed by atoms with van der Waals surface area (Å²) < 4.78 is 25.9. The summed E-state index contributed by atoms with van der Waals surface area (Å²) in [4.78, 5) is 14.2. The number of aryl methyl sites for hydroxylation is 1. The number of aromatic nitrogens is 4. The minimum atomic E-state index is -3.12. The molecule has 1 aromatic heterocycles. The third kappa shape index (κ3) is 2.31. The molecule has 4 rings (SSSR count). The van der Waals surface area contributed by atoms with Crippen LogP contribution in [0.2, 0.25) is 0 Å². The molecule has 9 heteroatoms. The zero-order valence-electron chi connectivity index (χ0n) is 12.9. The number of likely N-dealkylation sites (tertiary alicyclic amines) is 1. The number of amides is 1. The van der Waals surface area contributed by atoms with E-state index in [2.05, 4.69) is 15.5 Å². The highest BCUT2D eigenvalue weighted by molar-refractivity contribution is 7.93. The molecule has 126 valence electrons.